The molecule has 1 aliphatic rings. The zero-order chi connectivity index (χ0) is 14.7. The Morgan fingerprint density at radius 1 is 1.14 bits per heavy atom. The number of nitrogens with one attached hydrogen (secondary N) is 1. The van der Waals surface area contributed by atoms with E-state index in [0.29, 0.717) is 6.04 Å². The fraction of sp³-hybridized carbons (Fsp3) is 0.412. The lowest BCUT2D eigenvalue weighted by Crippen LogP contribution is -2.04. The van der Waals surface area contributed by atoms with Gasteiger partial charge in [-0.2, -0.15) is 0 Å². The highest BCUT2D eigenvalue weighted by molar-refractivity contribution is 9.11. The normalized spacial score (nSPS) is 17.0. The van der Waals surface area contributed by atoms with Gasteiger partial charge in [-0.1, -0.05) is 12.8 Å². The van der Waals surface area contributed by atoms with Crippen molar-refractivity contribution in [2.24, 2.45) is 0 Å². The Kier molecular flexibility index (Phi) is 5.30. The van der Waals surface area contributed by atoms with E-state index < -0.39 is 0 Å². The first-order valence-electron chi connectivity index (χ1n) is 7.49. The number of rotatable bonds is 5. The van der Waals surface area contributed by atoms with Crippen LogP contribution in [0.2, 0.25) is 0 Å². The molecule has 1 saturated carbocycles. The van der Waals surface area contributed by atoms with Gasteiger partial charge in [-0.3, -0.25) is 0 Å². The second kappa shape index (κ2) is 7.21. The van der Waals surface area contributed by atoms with Crippen LogP contribution in [0.3, 0.4) is 0 Å². The van der Waals surface area contributed by atoms with Crippen molar-refractivity contribution in [1.29, 1.82) is 0 Å². The Hall–Kier alpha value is -0.450. The van der Waals surface area contributed by atoms with Crippen molar-refractivity contribution in [2.45, 2.75) is 48.8 Å². The van der Waals surface area contributed by atoms with Crippen LogP contribution in [-0.2, 0) is 0 Å². The van der Waals surface area contributed by atoms with Gasteiger partial charge in [0.25, 0.3) is 0 Å². The Balaban J connectivity index is 1.58. The Labute approximate surface area is 143 Å². The molecule has 1 fully saturated rings. The molecule has 112 valence electrons. The summed E-state index contributed by atoms with van der Waals surface area (Å²) >= 11 is 7.36. The fourth-order valence-electron chi connectivity index (χ4n) is 2.71. The lowest BCUT2D eigenvalue weighted by atomic mass is 10.2. The van der Waals surface area contributed by atoms with Crippen molar-refractivity contribution in [3.8, 4) is 0 Å². The van der Waals surface area contributed by atoms with Gasteiger partial charge in [-0.25, -0.2) is 0 Å². The SMILES string of the molecule is CC(Nc1ccc(SC2CCCC2)cc1)c1ccc(Br)s1. The van der Waals surface area contributed by atoms with Gasteiger partial charge in [0, 0.05) is 20.7 Å². The third-order valence-corrected chi connectivity index (χ3v) is 7.02. The highest BCUT2D eigenvalue weighted by atomic mass is 79.9. The van der Waals surface area contributed by atoms with Crippen molar-refractivity contribution in [3.63, 3.8) is 0 Å². The highest BCUT2D eigenvalue weighted by Crippen LogP contribution is 2.35. The Morgan fingerprint density at radius 2 is 1.86 bits per heavy atom. The monoisotopic (exact) mass is 381 g/mol. The molecule has 1 nitrogen and oxygen atoms in total. The lowest BCUT2D eigenvalue weighted by Gasteiger charge is -2.14. The van der Waals surface area contributed by atoms with E-state index in [1.54, 1.807) is 11.3 Å². The first kappa shape index (κ1) is 15.4. The molecule has 1 aliphatic carbocycles. The molecule has 21 heavy (non-hydrogen) atoms. The van der Waals surface area contributed by atoms with E-state index in [1.807, 2.05) is 11.8 Å². The molecule has 3 rings (SSSR count). The van der Waals surface area contributed by atoms with E-state index in [2.05, 4.69) is 64.6 Å². The van der Waals surface area contributed by atoms with Crippen LogP contribution in [0, 0.1) is 0 Å². The van der Waals surface area contributed by atoms with Gasteiger partial charge in [-0.05, 0) is 72.1 Å². The number of thiophene rings is 1. The van der Waals surface area contributed by atoms with E-state index in [1.165, 1.54) is 44.9 Å². The summed E-state index contributed by atoms with van der Waals surface area (Å²) in [6.07, 6.45) is 5.58. The molecule has 4 heteroatoms. The molecule has 1 aromatic carbocycles. The maximum absolute atomic E-state index is 3.57. The minimum Gasteiger partial charge on any atom is -0.378 e. The van der Waals surface area contributed by atoms with Crippen LogP contribution in [0.1, 0.15) is 43.5 Å². The molecule has 0 spiro atoms. The predicted octanol–water partition coefficient (Wildman–Crippen LogP) is 6.72. The van der Waals surface area contributed by atoms with Crippen LogP contribution < -0.4 is 5.32 Å². The second-order valence-electron chi connectivity index (χ2n) is 5.56. The minimum atomic E-state index is 0.342. The maximum Gasteiger partial charge on any atom is 0.0702 e. The standard InChI is InChI=1S/C17H20BrNS2/c1-12(16-10-11-17(18)21-16)19-13-6-8-15(9-7-13)20-14-4-2-3-5-14/h6-12,14,19H,2-5H2,1H3. The molecule has 0 amide bonds. The van der Waals surface area contributed by atoms with Gasteiger partial charge in [-0.15, -0.1) is 23.1 Å². The number of hydrogen-bond acceptors (Lipinski definition) is 3. The molecule has 1 aromatic heterocycles. The molecule has 2 aromatic rings. The van der Waals surface area contributed by atoms with Crippen LogP contribution in [-0.4, -0.2) is 5.25 Å². The van der Waals surface area contributed by atoms with Gasteiger partial charge >= 0.3 is 0 Å². The quantitative estimate of drug-likeness (QED) is 0.616. The third kappa shape index (κ3) is 4.27. The minimum absolute atomic E-state index is 0.342. The average molecular weight is 382 g/mol. The van der Waals surface area contributed by atoms with Crippen molar-refractivity contribution in [3.05, 3.63) is 45.1 Å². The maximum atomic E-state index is 3.57. The smallest absolute Gasteiger partial charge is 0.0702 e. The zero-order valence-electron chi connectivity index (χ0n) is 12.1. The molecule has 0 radical (unpaired) electrons. The number of thioether (sulfide) groups is 1. The second-order valence-corrected chi connectivity index (χ2v) is 9.42. The van der Waals surface area contributed by atoms with Gasteiger partial charge in [0.15, 0.2) is 0 Å². The van der Waals surface area contributed by atoms with Crippen molar-refractivity contribution < 1.29 is 0 Å². The summed E-state index contributed by atoms with van der Waals surface area (Å²) in [6, 6.07) is 13.5. The topological polar surface area (TPSA) is 12.0 Å². The van der Waals surface area contributed by atoms with Crippen LogP contribution in [0.15, 0.2) is 45.1 Å². The van der Waals surface area contributed by atoms with Crippen molar-refractivity contribution in [1.82, 2.24) is 0 Å². The summed E-state index contributed by atoms with van der Waals surface area (Å²) in [6.45, 7) is 2.21. The first-order chi connectivity index (χ1) is 10.2. The van der Waals surface area contributed by atoms with Crippen LogP contribution in [0.5, 0.6) is 0 Å². The number of anilines is 1. The van der Waals surface area contributed by atoms with Crippen LogP contribution >= 0.6 is 39.0 Å². The van der Waals surface area contributed by atoms with E-state index >= 15 is 0 Å². The summed E-state index contributed by atoms with van der Waals surface area (Å²) in [5, 5.41) is 4.41. The van der Waals surface area contributed by atoms with E-state index in [-0.39, 0.29) is 0 Å². The zero-order valence-corrected chi connectivity index (χ0v) is 15.4. The van der Waals surface area contributed by atoms with Gasteiger partial charge in [0.2, 0.25) is 0 Å². The van der Waals surface area contributed by atoms with Crippen LogP contribution in [0.25, 0.3) is 0 Å². The van der Waals surface area contributed by atoms with Crippen LogP contribution in [0.4, 0.5) is 5.69 Å². The molecule has 0 aliphatic heterocycles. The fourth-order valence-corrected chi connectivity index (χ4v) is 5.38. The van der Waals surface area contributed by atoms with Crippen molar-refractivity contribution >= 4 is 44.7 Å². The third-order valence-electron chi connectivity index (χ3n) is 3.86. The molecule has 0 bridgehead atoms. The summed E-state index contributed by atoms with van der Waals surface area (Å²) in [7, 11) is 0. The van der Waals surface area contributed by atoms with E-state index in [9.17, 15) is 0 Å². The molecule has 0 saturated heterocycles. The summed E-state index contributed by atoms with van der Waals surface area (Å²) < 4.78 is 1.19. The number of hydrogen-bond donors (Lipinski definition) is 1. The first-order valence-corrected chi connectivity index (χ1v) is 9.98. The molecule has 1 atom stereocenters. The van der Waals surface area contributed by atoms with E-state index in [4.69, 9.17) is 0 Å². The summed E-state index contributed by atoms with van der Waals surface area (Å²) in [5.41, 5.74) is 1.20. The largest absolute Gasteiger partial charge is 0.378 e. The van der Waals surface area contributed by atoms with Crippen molar-refractivity contribution in [2.75, 3.05) is 5.32 Å². The number of benzene rings is 1. The van der Waals surface area contributed by atoms with Gasteiger partial charge < -0.3 is 5.32 Å². The summed E-state index contributed by atoms with van der Waals surface area (Å²) in [4.78, 5) is 2.75. The summed E-state index contributed by atoms with van der Waals surface area (Å²) in [5.74, 6) is 0. The van der Waals surface area contributed by atoms with E-state index in [0.717, 1.165) is 5.25 Å². The molecular formula is C17H20BrNS2. The molecule has 1 heterocycles. The van der Waals surface area contributed by atoms with Gasteiger partial charge in [0.1, 0.15) is 0 Å². The van der Waals surface area contributed by atoms with Gasteiger partial charge in [0.05, 0.1) is 9.83 Å². The Morgan fingerprint density at radius 3 is 2.48 bits per heavy atom. The lowest BCUT2D eigenvalue weighted by molar-refractivity contribution is 0.886. The average Bonchev–Trinajstić information content (AvgIpc) is 3.12. The molecular weight excluding hydrogens is 362 g/mol. The molecule has 1 unspecified atom stereocenters. The number of halogens is 1. The predicted molar refractivity (Wildman–Crippen MR) is 98.6 cm³/mol. The Bertz CT molecular complexity index is 573. The molecule has 1 N–H and O–H groups in total. The highest BCUT2D eigenvalue weighted by Gasteiger charge is 2.16.